The number of halogens is 1. The van der Waals surface area contributed by atoms with Gasteiger partial charge in [0.1, 0.15) is 0 Å². The van der Waals surface area contributed by atoms with E-state index < -0.39 is 16.0 Å². The minimum absolute atomic E-state index is 0. The smallest absolute Gasteiger partial charge is 0.317 e. The van der Waals surface area contributed by atoms with Gasteiger partial charge in [0.05, 0.1) is 11.4 Å². The van der Waals surface area contributed by atoms with Gasteiger partial charge in [-0.1, -0.05) is 6.07 Å². The Morgan fingerprint density at radius 3 is 2.67 bits per heavy atom. The molecule has 6 nitrogen and oxygen atoms in total. The number of sulfonamides is 1. The molecule has 24 heavy (non-hydrogen) atoms. The van der Waals surface area contributed by atoms with Gasteiger partial charge in [0.25, 0.3) is 0 Å². The van der Waals surface area contributed by atoms with Crippen molar-refractivity contribution in [3.8, 4) is 0 Å². The number of hydrogen-bond acceptors (Lipinski definition) is 4. The van der Waals surface area contributed by atoms with E-state index in [1.54, 1.807) is 12.1 Å². The Balaban J connectivity index is 0.00000288. The van der Waals surface area contributed by atoms with Crippen LogP contribution in [0.4, 0.5) is 0 Å². The average Bonchev–Trinajstić information content (AvgIpc) is 2.50. The molecule has 0 radical (unpaired) electrons. The summed E-state index contributed by atoms with van der Waals surface area (Å²) in [6, 6.07) is 5.21. The Morgan fingerprint density at radius 2 is 2.04 bits per heavy atom. The Morgan fingerprint density at radius 1 is 1.33 bits per heavy atom. The molecule has 0 bridgehead atoms. The van der Waals surface area contributed by atoms with E-state index in [4.69, 9.17) is 5.11 Å². The lowest BCUT2D eigenvalue weighted by molar-refractivity contribution is -0.136. The number of aliphatic carboxylic acids is 1. The maximum atomic E-state index is 12.8. The lowest BCUT2D eigenvalue weighted by Crippen LogP contribution is -2.43. The monoisotopic (exact) mass is 376 g/mol. The molecule has 0 amide bonds. The zero-order chi connectivity index (χ0) is 17.0. The van der Waals surface area contributed by atoms with Crippen LogP contribution in [0.3, 0.4) is 0 Å². The van der Waals surface area contributed by atoms with Gasteiger partial charge in [-0.3, -0.25) is 4.79 Å². The van der Waals surface area contributed by atoms with Gasteiger partial charge in [0.2, 0.25) is 10.0 Å². The molecule has 1 aliphatic rings. The fourth-order valence-electron chi connectivity index (χ4n) is 2.82. The summed E-state index contributed by atoms with van der Waals surface area (Å²) in [4.78, 5) is 10.9. The molecule has 136 valence electrons. The van der Waals surface area contributed by atoms with Crippen LogP contribution in [0.15, 0.2) is 23.1 Å². The topological polar surface area (TPSA) is 86.7 Å². The highest BCUT2D eigenvalue weighted by molar-refractivity contribution is 7.89. The molecule has 1 unspecified atom stereocenters. The molecule has 8 heteroatoms. The van der Waals surface area contributed by atoms with Gasteiger partial charge in [-0.25, -0.2) is 8.42 Å². The zero-order valence-electron chi connectivity index (χ0n) is 14.0. The van der Waals surface area contributed by atoms with Crippen LogP contribution in [0, 0.1) is 19.8 Å². The molecule has 1 aliphatic heterocycles. The Bertz CT molecular complexity index is 679. The van der Waals surface area contributed by atoms with Crippen molar-refractivity contribution in [1.82, 2.24) is 9.62 Å². The molecule has 1 fully saturated rings. The molecule has 0 spiro atoms. The predicted octanol–water partition coefficient (Wildman–Crippen LogP) is 1.80. The maximum Gasteiger partial charge on any atom is 0.317 e. The lowest BCUT2D eigenvalue weighted by atomic mass is 10.00. The third-order valence-electron chi connectivity index (χ3n) is 4.31. The van der Waals surface area contributed by atoms with Crippen molar-refractivity contribution in [3.05, 3.63) is 29.3 Å². The first-order chi connectivity index (χ1) is 10.8. The number of hydrogen-bond donors (Lipinski definition) is 2. The highest BCUT2D eigenvalue weighted by Crippen LogP contribution is 2.24. The van der Waals surface area contributed by atoms with E-state index in [1.807, 2.05) is 19.9 Å². The normalized spacial score (nSPS) is 18.8. The molecule has 2 rings (SSSR count). The summed E-state index contributed by atoms with van der Waals surface area (Å²) >= 11 is 0. The summed E-state index contributed by atoms with van der Waals surface area (Å²) in [5.41, 5.74) is 2.03. The summed E-state index contributed by atoms with van der Waals surface area (Å²) in [7, 11) is -3.49. The number of aryl methyl sites for hydroxylation is 2. The fourth-order valence-corrected chi connectivity index (χ4v) is 4.46. The number of carboxylic acid groups (broad SMARTS) is 1. The number of carbonyl (C=O) groups is 1. The van der Waals surface area contributed by atoms with Gasteiger partial charge < -0.3 is 10.4 Å². The lowest BCUT2D eigenvalue weighted by Gasteiger charge is -2.32. The first kappa shape index (κ1) is 20.9. The first-order valence-electron chi connectivity index (χ1n) is 7.80. The highest BCUT2D eigenvalue weighted by atomic mass is 35.5. The predicted molar refractivity (Wildman–Crippen MR) is 95.2 cm³/mol. The van der Waals surface area contributed by atoms with E-state index in [2.05, 4.69) is 5.32 Å². The molecule has 1 aromatic rings. The maximum absolute atomic E-state index is 12.8. The van der Waals surface area contributed by atoms with Gasteiger partial charge in [-0.05, 0) is 62.4 Å². The summed E-state index contributed by atoms with van der Waals surface area (Å²) in [6.07, 6.45) is 1.70. The van der Waals surface area contributed by atoms with Crippen molar-refractivity contribution < 1.29 is 18.3 Å². The highest BCUT2D eigenvalue weighted by Gasteiger charge is 2.30. The molecular weight excluding hydrogens is 352 g/mol. The standard InChI is InChI=1S/C16H24N2O4S.ClH/c1-12-5-6-15(8-13(12)2)23(21,22)18-7-3-4-14(11-18)9-17-10-16(19)20;/h5-6,8,14,17H,3-4,7,9-11H2,1-2H3,(H,19,20);1H. The van der Waals surface area contributed by atoms with E-state index in [9.17, 15) is 13.2 Å². The fraction of sp³-hybridized carbons (Fsp3) is 0.562. The first-order valence-corrected chi connectivity index (χ1v) is 9.24. The third-order valence-corrected chi connectivity index (χ3v) is 6.17. The van der Waals surface area contributed by atoms with Crippen LogP contribution < -0.4 is 5.32 Å². The van der Waals surface area contributed by atoms with Crippen molar-refractivity contribution in [2.75, 3.05) is 26.2 Å². The second-order valence-electron chi connectivity index (χ2n) is 6.14. The molecular formula is C16H25ClN2O4S. The molecule has 0 aliphatic carbocycles. The van der Waals surface area contributed by atoms with Crippen LogP contribution in [-0.2, 0) is 14.8 Å². The number of carboxylic acids is 1. The third kappa shape index (κ3) is 5.17. The van der Waals surface area contributed by atoms with Crippen LogP contribution in [0.2, 0.25) is 0 Å². The van der Waals surface area contributed by atoms with Gasteiger partial charge in [-0.15, -0.1) is 12.4 Å². The number of nitrogens with one attached hydrogen (secondary N) is 1. The van der Waals surface area contributed by atoms with Crippen molar-refractivity contribution in [3.63, 3.8) is 0 Å². The number of nitrogens with zero attached hydrogens (tertiary/aromatic N) is 1. The van der Waals surface area contributed by atoms with E-state index >= 15 is 0 Å². The Hall–Kier alpha value is -1.15. The van der Waals surface area contributed by atoms with Crippen molar-refractivity contribution in [2.24, 2.45) is 5.92 Å². The minimum atomic E-state index is -3.49. The van der Waals surface area contributed by atoms with Crippen LogP contribution in [-0.4, -0.2) is 50.0 Å². The molecule has 1 heterocycles. The molecule has 2 N–H and O–H groups in total. The van der Waals surface area contributed by atoms with Crippen molar-refractivity contribution in [2.45, 2.75) is 31.6 Å². The van der Waals surface area contributed by atoms with E-state index in [0.717, 1.165) is 24.0 Å². The van der Waals surface area contributed by atoms with Gasteiger partial charge in [0, 0.05) is 13.1 Å². The Labute approximate surface area is 149 Å². The van der Waals surface area contributed by atoms with E-state index in [-0.39, 0.29) is 24.9 Å². The molecule has 0 aromatic heterocycles. The second-order valence-corrected chi connectivity index (χ2v) is 8.08. The van der Waals surface area contributed by atoms with Crippen LogP contribution in [0.1, 0.15) is 24.0 Å². The van der Waals surface area contributed by atoms with E-state index in [1.165, 1.54) is 4.31 Å². The number of rotatable bonds is 6. The van der Waals surface area contributed by atoms with Gasteiger partial charge in [0.15, 0.2) is 0 Å². The number of benzene rings is 1. The summed E-state index contributed by atoms with van der Waals surface area (Å²) in [5.74, 6) is -0.759. The quantitative estimate of drug-likeness (QED) is 0.790. The van der Waals surface area contributed by atoms with E-state index in [0.29, 0.717) is 24.5 Å². The van der Waals surface area contributed by atoms with Crippen molar-refractivity contribution in [1.29, 1.82) is 0 Å². The van der Waals surface area contributed by atoms with Crippen LogP contribution >= 0.6 is 12.4 Å². The summed E-state index contributed by atoms with van der Waals surface area (Å²) < 4.78 is 27.1. The van der Waals surface area contributed by atoms with Crippen molar-refractivity contribution >= 4 is 28.4 Å². The molecule has 0 saturated carbocycles. The summed E-state index contributed by atoms with van der Waals surface area (Å²) in [6.45, 7) is 5.23. The molecule has 1 atom stereocenters. The number of piperidine rings is 1. The Kier molecular flexibility index (Phi) is 7.66. The molecule has 1 saturated heterocycles. The van der Waals surface area contributed by atoms with Gasteiger partial charge in [-0.2, -0.15) is 4.31 Å². The SMILES string of the molecule is Cc1ccc(S(=O)(=O)N2CCCC(CNCC(=O)O)C2)cc1C.Cl. The van der Waals surface area contributed by atoms with Crippen LogP contribution in [0.25, 0.3) is 0 Å². The second kappa shape index (κ2) is 8.80. The van der Waals surface area contributed by atoms with Crippen LogP contribution in [0.5, 0.6) is 0 Å². The zero-order valence-corrected chi connectivity index (χ0v) is 15.6. The van der Waals surface area contributed by atoms with Gasteiger partial charge >= 0.3 is 5.97 Å². The minimum Gasteiger partial charge on any atom is -0.480 e. The molecule has 1 aromatic carbocycles. The largest absolute Gasteiger partial charge is 0.480 e. The summed E-state index contributed by atoms with van der Waals surface area (Å²) in [5, 5.41) is 11.5. The average molecular weight is 377 g/mol.